The van der Waals surface area contributed by atoms with Gasteiger partial charge in [0.2, 0.25) is 0 Å². The fourth-order valence-corrected chi connectivity index (χ4v) is 2.60. The van der Waals surface area contributed by atoms with Crippen molar-refractivity contribution < 1.29 is 14.8 Å². The van der Waals surface area contributed by atoms with E-state index < -0.39 is 10.9 Å². The van der Waals surface area contributed by atoms with Crippen molar-refractivity contribution in [3.63, 3.8) is 0 Å². The molecule has 1 aromatic carbocycles. The average molecular weight is 334 g/mol. The van der Waals surface area contributed by atoms with Crippen LogP contribution in [0, 0.1) is 22.0 Å². The van der Waals surface area contributed by atoms with Crippen LogP contribution in [0.2, 0.25) is 0 Å². The Morgan fingerprint density at radius 3 is 2.21 bits per heavy atom. The third kappa shape index (κ3) is 5.68. The molecule has 0 aliphatic carbocycles. The van der Waals surface area contributed by atoms with Crippen LogP contribution in [0.4, 0.5) is 11.4 Å². The summed E-state index contributed by atoms with van der Waals surface area (Å²) in [5.41, 5.74) is 1.61. The number of carboxylic acids is 1. The minimum absolute atomic E-state index is 0.00642. The SMILES string of the molecule is C/C(=C\C(=O)O)c1ccc(N(CC(C)C)CC(C)C)c([N+](=O)[O-])c1. The van der Waals surface area contributed by atoms with E-state index in [-0.39, 0.29) is 5.69 Å². The second kappa shape index (κ2) is 8.47. The van der Waals surface area contributed by atoms with Gasteiger partial charge in [-0.25, -0.2) is 4.79 Å². The fraction of sp³-hybridized carbons (Fsp3) is 0.500. The molecule has 0 heterocycles. The average Bonchev–Trinajstić information content (AvgIpc) is 2.44. The molecule has 0 saturated carbocycles. The predicted molar refractivity (Wildman–Crippen MR) is 96.3 cm³/mol. The minimum atomic E-state index is -1.07. The zero-order valence-electron chi connectivity index (χ0n) is 14.9. The van der Waals surface area contributed by atoms with Gasteiger partial charge < -0.3 is 10.0 Å². The zero-order valence-corrected chi connectivity index (χ0v) is 14.9. The molecule has 0 atom stereocenters. The lowest BCUT2D eigenvalue weighted by atomic mass is 10.0. The Morgan fingerprint density at radius 2 is 1.79 bits per heavy atom. The molecule has 6 heteroatoms. The molecule has 0 aromatic heterocycles. The summed E-state index contributed by atoms with van der Waals surface area (Å²) >= 11 is 0. The first-order chi connectivity index (χ1) is 11.1. The maximum absolute atomic E-state index is 11.5. The van der Waals surface area contributed by atoms with Gasteiger partial charge in [0.05, 0.1) is 4.92 Å². The predicted octanol–water partition coefficient (Wildman–Crippen LogP) is 4.20. The number of anilines is 1. The Bertz CT molecular complexity index is 626. The molecule has 1 rings (SSSR count). The van der Waals surface area contributed by atoms with E-state index in [9.17, 15) is 14.9 Å². The van der Waals surface area contributed by atoms with Crippen LogP contribution in [0.15, 0.2) is 24.3 Å². The number of hydrogen-bond acceptors (Lipinski definition) is 4. The molecular weight excluding hydrogens is 308 g/mol. The summed E-state index contributed by atoms with van der Waals surface area (Å²) < 4.78 is 0. The molecule has 1 aromatic rings. The molecule has 6 nitrogen and oxygen atoms in total. The van der Waals surface area contributed by atoms with E-state index >= 15 is 0 Å². The number of nitro benzene ring substituents is 1. The van der Waals surface area contributed by atoms with Crippen LogP contribution in [-0.4, -0.2) is 29.1 Å². The van der Waals surface area contributed by atoms with Gasteiger partial charge in [-0.3, -0.25) is 10.1 Å². The molecule has 0 bridgehead atoms. The van der Waals surface area contributed by atoms with Crippen LogP contribution in [0.3, 0.4) is 0 Å². The molecule has 24 heavy (non-hydrogen) atoms. The first-order valence-electron chi connectivity index (χ1n) is 8.06. The van der Waals surface area contributed by atoms with E-state index in [1.807, 2.05) is 4.90 Å². The highest BCUT2D eigenvalue weighted by molar-refractivity contribution is 5.90. The van der Waals surface area contributed by atoms with Gasteiger partial charge in [-0.15, -0.1) is 0 Å². The Morgan fingerprint density at radius 1 is 1.25 bits per heavy atom. The standard InChI is InChI=1S/C18H26N2O4/c1-12(2)10-19(11-13(3)4)16-7-6-15(9-17(16)20(23)24)14(5)8-18(21)22/h6-9,12-13H,10-11H2,1-5H3,(H,21,22)/b14-8+. The quantitative estimate of drug-likeness (QED) is 0.437. The van der Waals surface area contributed by atoms with E-state index in [2.05, 4.69) is 27.7 Å². The lowest BCUT2D eigenvalue weighted by Crippen LogP contribution is -2.31. The lowest BCUT2D eigenvalue weighted by Gasteiger charge is -2.28. The number of aliphatic carboxylic acids is 1. The van der Waals surface area contributed by atoms with Gasteiger partial charge in [0.1, 0.15) is 5.69 Å². The van der Waals surface area contributed by atoms with Crippen molar-refractivity contribution in [2.24, 2.45) is 11.8 Å². The topological polar surface area (TPSA) is 83.7 Å². The second-order valence-corrected chi connectivity index (χ2v) is 6.82. The normalized spacial score (nSPS) is 11.9. The van der Waals surface area contributed by atoms with Gasteiger partial charge in [-0.2, -0.15) is 0 Å². The third-order valence-electron chi connectivity index (χ3n) is 3.48. The molecule has 0 amide bonds. The van der Waals surface area contributed by atoms with Crippen molar-refractivity contribution in [1.82, 2.24) is 0 Å². The van der Waals surface area contributed by atoms with Crippen molar-refractivity contribution in [3.05, 3.63) is 40.0 Å². The minimum Gasteiger partial charge on any atom is -0.478 e. The summed E-state index contributed by atoms with van der Waals surface area (Å²) in [7, 11) is 0. The van der Waals surface area contributed by atoms with Crippen molar-refractivity contribution in [2.75, 3.05) is 18.0 Å². The summed E-state index contributed by atoms with van der Waals surface area (Å²) in [4.78, 5) is 24.0. The molecule has 0 aliphatic rings. The maximum atomic E-state index is 11.5. The first kappa shape index (κ1) is 19.7. The lowest BCUT2D eigenvalue weighted by molar-refractivity contribution is -0.384. The summed E-state index contributed by atoms with van der Waals surface area (Å²) in [6.07, 6.45) is 1.05. The van der Waals surface area contributed by atoms with Gasteiger partial charge in [-0.05, 0) is 36.0 Å². The fourth-order valence-electron chi connectivity index (χ4n) is 2.60. The summed E-state index contributed by atoms with van der Waals surface area (Å²) in [5, 5.41) is 20.4. The Kier molecular flexibility index (Phi) is 6.95. The van der Waals surface area contributed by atoms with Gasteiger partial charge >= 0.3 is 5.97 Å². The molecule has 0 fully saturated rings. The van der Waals surface area contributed by atoms with Crippen LogP contribution in [0.25, 0.3) is 5.57 Å². The number of nitro groups is 1. The highest BCUT2D eigenvalue weighted by Crippen LogP contribution is 2.32. The molecule has 0 unspecified atom stereocenters. The molecule has 0 radical (unpaired) electrons. The van der Waals surface area contributed by atoms with Crippen LogP contribution in [-0.2, 0) is 4.79 Å². The van der Waals surface area contributed by atoms with Gasteiger partial charge in [0, 0.05) is 25.2 Å². The van der Waals surface area contributed by atoms with E-state index in [4.69, 9.17) is 5.11 Å². The number of carboxylic acid groups (broad SMARTS) is 1. The van der Waals surface area contributed by atoms with E-state index in [1.54, 1.807) is 19.1 Å². The Labute approximate surface area is 142 Å². The number of hydrogen-bond donors (Lipinski definition) is 1. The van der Waals surface area contributed by atoms with E-state index in [1.165, 1.54) is 6.07 Å². The number of allylic oxidation sites excluding steroid dienone is 1. The summed E-state index contributed by atoms with van der Waals surface area (Å²) in [6.45, 7) is 11.4. The first-order valence-corrected chi connectivity index (χ1v) is 8.06. The van der Waals surface area contributed by atoms with Crippen molar-refractivity contribution in [1.29, 1.82) is 0 Å². The summed E-state index contributed by atoms with van der Waals surface area (Å²) in [6, 6.07) is 4.92. The van der Waals surface area contributed by atoms with Gasteiger partial charge in [-0.1, -0.05) is 33.8 Å². The Hall–Kier alpha value is -2.37. The van der Waals surface area contributed by atoms with Crippen molar-refractivity contribution >= 4 is 22.9 Å². The Balaban J connectivity index is 3.36. The van der Waals surface area contributed by atoms with Gasteiger partial charge in [0.25, 0.3) is 5.69 Å². The van der Waals surface area contributed by atoms with E-state index in [0.717, 1.165) is 19.2 Å². The zero-order chi connectivity index (χ0) is 18.4. The third-order valence-corrected chi connectivity index (χ3v) is 3.48. The number of benzene rings is 1. The highest BCUT2D eigenvalue weighted by atomic mass is 16.6. The molecule has 0 spiro atoms. The smallest absolute Gasteiger partial charge is 0.328 e. The molecule has 0 saturated heterocycles. The highest BCUT2D eigenvalue weighted by Gasteiger charge is 2.22. The number of nitrogens with zero attached hydrogens (tertiary/aromatic N) is 2. The monoisotopic (exact) mass is 334 g/mol. The number of carbonyl (C=O) groups is 1. The maximum Gasteiger partial charge on any atom is 0.328 e. The largest absolute Gasteiger partial charge is 0.478 e. The van der Waals surface area contributed by atoms with Crippen LogP contribution in [0.5, 0.6) is 0 Å². The van der Waals surface area contributed by atoms with Crippen LogP contribution >= 0.6 is 0 Å². The molecular formula is C18H26N2O4. The summed E-state index contributed by atoms with van der Waals surface area (Å²) in [5.74, 6) is -0.325. The van der Waals surface area contributed by atoms with Crippen molar-refractivity contribution in [3.8, 4) is 0 Å². The second-order valence-electron chi connectivity index (χ2n) is 6.82. The number of rotatable bonds is 8. The van der Waals surface area contributed by atoms with Crippen molar-refractivity contribution in [2.45, 2.75) is 34.6 Å². The molecule has 0 aliphatic heterocycles. The van der Waals surface area contributed by atoms with Crippen LogP contribution < -0.4 is 4.90 Å². The molecule has 1 N–H and O–H groups in total. The van der Waals surface area contributed by atoms with Gasteiger partial charge in [0.15, 0.2) is 0 Å². The van der Waals surface area contributed by atoms with Crippen LogP contribution in [0.1, 0.15) is 40.2 Å². The van der Waals surface area contributed by atoms with E-state index in [0.29, 0.717) is 28.7 Å². The molecule has 132 valence electrons.